The van der Waals surface area contributed by atoms with Crippen LogP contribution in [0.15, 0.2) is 42.5 Å². The summed E-state index contributed by atoms with van der Waals surface area (Å²) in [4.78, 5) is 0. The van der Waals surface area contributed by atoms with E-state index in [0.29, 0.717) is 17.2 Å². The van der Waals surface area contributed by atoms with E-state index in [1.807, 2.05) is 24.3 Å². The molecule has 2 heterocycles. The standard InChI is InChI=1S/C21H22FN3O2/c1-26-14-10-11-15(19(13-14)27-2)20-16-7-5-6-12-23-21(16)25(24-20)18-9-4-3-8-17(18)22/h3-4,8-11,13,23H,5-7,12H2,1-2H3. The van der Waals surface area contributed by atoms with E-state index >= 15 is 0 Å². The first kappa shape index (κ1) is 17.4. The number of fused-ring (bicyclic) bond motifs is 1. The second kappa shape index (κ2) is 7.31. The number of aromatic nitrogens is 2. The molecule has 6 heteroatoms. The number of para-hydroxylation sites is 1. The molecule has 140 valence electrons. The molecular formula is C21H22FN3O2. The van der Waals surface area contributed by atoms with Crippen LogP contribution >= 0.6 is 0 Å². The molecule has 1 aliphatic rings. The molecule has 5 nitrogen and oxygen atoms in total. The van der Waals surface area contributed by atoms with E-state index in [9.17, 15) is 4.39 Å². The summed E-state index contributed by atoms with van der Waals surface area (Å²) < 4.78 is 27.0. The van der Waals surface area contributed by atoms with Gasteiger partial charge in [-0.1, -0.05) is 12.1 Å². The van der Waals surface area contributed by atoms with Gasteiger partial charge in [-0.15, -0.1) is 0 Å². The molecule has 0 fully saturated rings. The van der Waals surface area contributed by atoms with Crippen LogP contribution in [0.5, 0.6) is 11.5 Å². The lowest BCUT2D eigenvalue weighted by molar-refractivity contribution is 0.395. The molecule has 27 heavy (non-hydrogen) atoms. The van der Waals surface area contributed by atoms with Gasteiger partial charge in [-0.05, 0) is 43.5 Å². The lowest BCUT2D eigenvalue weighted by Crippen LogP contribution is -2.08. The number of benzene rings is 2. The number of nitrogens with zero attached hydrogens (tertiary/aromatic N) is 2. The average molecular weight is 367 g/mol. The Bertz CT molecular complexity index is 968. The molecule has 0 unspecified atom stereocenters. The molecule has 0 amide bonds. The second-order valence-electron chi connectivity index (χ2n) is 6.49. The zero-order chi connectivity index (χ0) is 18.8. The van der Waals surface area contributed by atoms with Crippen LogP contribution in [0.25, 0.3) is 16.9 Å². The van der Waals surface area contributed by atoms with Crippen molar-refractivity contribution in [1.82, 2.24) is 9.78 Å². The van der Waals surface area contributed by atoms with E-state index in [1.165, 1.54) is 6.07 Å². The molecule has 4 rings (SSSR count). The SMILES string of the molecule is COc1ccc(-c2nn(-c3ccccc3F)c3c2CCCCN3)c(OC)c1. The van der Waals surface area contributed by atoms with Gasteiger partial charge in [-0.2, -0.15) is 5.10 Å². The second-order valence-corrected chi connectivity index (χ2v) is 6.49. The van der Waals surface area contributed by atoms with Crippen LogP contribution in [0.2, 0.25) is 0 Å². The van der Waals surface area contributed by atoms with Crippen LogP contribution in [0.1, 0.15) is 18.4 Å². The minimum Gasteiger partial charge on any atom is -0.497 e. The van der Waals surface area contributed by atoms with Gasteiger partial charge < -0.3 is 14.8 Å². The third-order valence-electron chi connectivity index (χ3n) is 4.87. The Kier molecular flexibility index (Phi) is 4.71. The number of methoxy groups -OCH3 is 2. The fourth-order valence-electron chi connectivity index (χ4n) is 3.51. The molecular weight excluding hydrogens is 345 g/mol. The summed E-state index contributed by atoms with van der Waals surface area (Å²) in [6.07, 6.45) is 2.99. The third kappa shape index (κ3) is 3.12. The van der Waals surface area contributed by atoms with E-state index in [-0.39, 0.29) is 5.82 Å². The van der Waals surface area contributed by atoms with Crippen LogP contribution in [-0.4, -0.2) is 30.5 Å². The summed E-state index contributed by atoms with van der Waals surface area (Å²) in [5, 5.41) is 8.23. The van der Waals surface area contributed by atoms with Crippen molar-refractivity contribution in [1.29, 1.82) is 0 Å². The molecule has 0 spiro atoms. The van der Waals surface area contributed by atoms with Crippen LogP contribution in [0.3, 0.4) is 0 Å². The van der Waals surface area contributed by atoms with Crippen LogP contribution in [0.4, 0.5) is 10.2 Å². The minimum absolute atomic E-state index is 0.304. The Morgan fingerprint density at radius 2 is 1.93 bits per heavy atom. The highest BCUT2D eigenvalue weighted by atomic mass is 19.1. The molecule has 0 atom stereocenters. The van der Waals surface area contributed by atoms with E-state index in [4.69, 9.17) is 14.6 Å². The van der Waals surface area contributed by atoms with Crippen LogP contribution in [-0.2, 0) is 6.42 Å². The summed E-state index contributed by atoms with van der Waals surface area (Å²) in [5.74, 6) is 1.94. The maximum Gasteiger partial charge on any atom is 0.148 e. The van der Waals surface area contributed by atoms with Gasteiger partial charge in [0, 0.05) is 23.7 Å². The van der Waals surface area contributed by atoms with E-state index < -0.39 is 0 Å². The number of hydrogen-bond donors (Lipinski definition) is 1. The Hall–Kier alpha value is -3.02. The van der Waals surface area contributed by atoms with Gasteiger partial charge in [-0.3, -0.25) is 0 Å². The van der Waals surface area contributed by atoms with Crippen molar-refractivity contribution in [2.24, 2.45) is 0 Å². The summed E-state index contributed by atoms with van der Waals surface area (Å²) >= 11 is 0. The van der Waals surface area contributed by atoms with Crippen molar-refractivity contribution in [2.45, 2.75) is 19.3 Å². The molecule has 1 N–H and O–H groups in total. The summed E-state index contributed by atoms with van der Waals surface area (Å²) in [6, 6.07) is 12.4. The number of rotatable bonds is 4. The van der Waals surface area contributed by atoms with Crippen molar-refractivity contribution < 1.29 is 13.9 Å². The molecule has 0 aliphatic carbocycles. The van der Waals surface area contributed by atoms with Gasteiger partial charge in [0.1, 0.15) is 34.5 Å². The highest BCUT2D eigenvalue weighted by Crippen LogP contribution is 2.39. The number of ether oxygens (including phenoxy) is 2. The van der Waals surface area contributed by atoms with Crippen molar-refractivity contribution in [2.75, 3.05) is 26.1 Å². The first-order chi connectivity index (χ1) is 13.2. The van der Waals surface area contributed by atoms with Gasteiger partial charge in [0.15, 0.2) is 0 Å². The van der Waals surface area contributed by atoms with Crippen molar-refractivity contribution >= 4 is 5.82 Å². The average Bonchev–Trinajstić information content (AvgIpc) is 2.88. The van der Waals surface area contributed by atoms with Gasteiger partial charge in [0.25, 0.3) is 0 Å². The van der Waals surface area contributed by atoms with Gasteiger partial charge >= 0.3 is 0 Å². The zero-order valence-corrected chi connectivity index (χ0v) is 15.5. The van der Waals surface area contributed by atoms with Crippen molar-refractivity contribution in [3.63, 3.8) is 0 Å². The monoisotopic (exact) mass is 367 g/mol. The minimum atomic E-state index is -0.304. The number of anilines is 1. The fourth-order valence-corrected chi connectivity index (χ4v) is 3.51. The highest BCUT2D eigenvalue weighted by Gasteiger charge is 2.24. The van der Waals surface area contributed by atoms with E-state index in [0.717, 1.165) is 48.4 Å². The smallest absolute Gasteiger partial charge is 0.148 e. The molecule has 2 aromatic carbocycles. The maximum absolute atomic E-state index is 14.5. The van der Waals surface area contributed by atoms with Crippen molar-refractivity contribution in [3.8, 4) is 28.4 Å². The summed E-state index contributed by atoms with van der Waals surface area (Å²) in [5.41, 5.74) is 3.19. The van der Waals surface area contributed by atoms with Gasteiger partial charge in [-0.25, -0.2) is 9.07 Å². The van der Waals surface area contributed by atoms with Crippen molar-refractivity contribution in [3.05, 3.63) is 53.8 Å². The Morgan fingerprint density at radius 1 is 1.07 bits per heavy atom. The first-order valence-electron chi connectivity index (χ1n) is 9.06. The largest absolute Gasteiger partial charge is 0.497 e. The fraction of sp³-hybridized carbons (Fsp3) is 0.286. The lowest BCUT2D eigenvalue weighted by atomic mass is 10.0. The maximum atomic E-state index is 14.5. The molecule has 1 aliphatic heterocycles. The topological polar surface area (TPSA) is 48.3 Å². The highest BCUT2D eigenvalue weighted by molar-refractivity contribution is 5.76. The molecule has 3 aromatic rings. The Labute approximate surface area is 157 Å². The quantitative estimate of drug-likeness (QED) is 0.740. The molecule has 0 saturated carbocycles. The van der Waals surface area contributed by atoms with Gasteiger partial charge in [0.05, 0.1) is 14.2 Å². The van der Waals surface area contributed by atoms with E-state index in [1.54, 1.807) is 31.0 Å². The van der Waals surface area contributed by atoms with E-state index in [2.05, 4.69) is 5.32 Å². The molecule has 0 bridgehead atoms. The normalized spacial score (nSPS) is 13.4. The summed E-state index contributed by atoms with van der Waals surface area (Å²) in [7, 11) is 3.25. The molecule has 0 radical (unpaired) electrons. The predicted molar refractivity (Wildman–Crippen MR) is 103 cm³/mol. The Balaban J connectivity index is 1.93. The number of halogens is 1. The Morgan fingerprint density at radius 3 is 2.70 bits per heavy atom. The van der Waals surface area contributed by atoms with Crippen LogP contribution in [0, 0.1) is 5.82 Å². The predicted octanol–water partition coefficient (Wildman–Crippen LogP) is 4.44. The molecule has 1 aromatic heterocycles. The zero-order valence-electron chi connectivity index (χ0n) is 15.5. The lowest BCUT2D eigenvalue weighted by Gasteiger charge is -2.10. The number of hydrogen-bond acceptors (Lipinski definition) is 4. The summed E-state index contributed by atoms with van der Waals surface area (Å²) in [6.45, 7) is 0.840. The molecule has 0 saturated heterocycles. The number of nitrogens with one attached hydrogen (secondary N) is 1. The first-order valence-corrected chi connectivity index (χ1v) is 9.06. The third-order valence-corrected chi connectivity index (χ3v) is 4.87. The van der Waals surface area contributed by atoms with Gasteiger partial charge in [0.2, 0.25) is 0 Å². The van der Waals surface area contributed by atoms with Crippen LogP contribution < -0.4 is 14.8 Å².